The van der Waals surface area contributed by atoms with Crippen LogP contribution in [0.2, 0.25) is 0 Å². The smallest absolute Gasteiger partial charge is 0.227 e. The number of nitriles is 1. The first kappa shape index (κ1) is 13.7. The van der Waals surface area contributed by atoms with Crippen LogP contribution in [0.1, 0.15) is 19.3 Å². The van der Waals surface area contributed by atoms with Gasteiger partial charge in [0.25, 0.3) is 0 Å². The van der Waals surface area contributed by atoms with Gasteiger partial charge < -0.3 is 5.73 Å². The van der Waals surface area contributed by atoms with E-state index >= 15 is 0 Å². The van der Waals surface area contributed by atoms with E-state index < -0.39 is 15.8 Å². The quantitative estimate of drug-likeness (QED) is 0.736. The summed E-state index contributed by atoms with van der Waals surface area (Å²) in [5.74, 6) is -0.412. The fourth-order valence-corrected chi connectivity index (χ4v) is 3.85. The van der Waals surface area contributed by atoms with Gasteiger partial charge in [0.15, 0.2) is 5.75 Å². The lowest BCUT2D eigenvalue weighted by Gasteiger charge is -2.34. The summed E-state index contributed by atoms with van der Waals surface area (Å²) >= 11 is 0. The van der Waals surface area contributed by atoms with Crippen molar-refractivity contribution in [2.24, 2.45) is 5.73 Å². The Kier molecular flexibility index (Phi) is 4.22. The van der Waals surface area contributed by atoms with Gasteiger partial charge in [-0.2, -0.15) is 9.57 Å². The summed E-state index contributed by atoms with van der Waals surface area (Å²) in [7, 11) is -3.37. The van der Waals surface area contributed by atoms with E-state index in [0.29, 0.717) is 25.2 Å². The molecular weight excluding hydrogens is 252 g/mol. The maximum Gasteiger partial charge on any atom is 0.227 e. The van der Waals surface area contributed by atoms with Gasteiger partial charge in [-0.05, 0) is 32.4 Å². The summed E-state index contributed by atoms with van der Waals surface area (Å²) in [5.41, 5.74) is 5.86. The van der Waals surface area contributed by atoms with Crippen LogP contribution in [0.5, 0.6) is 0 Å². The molecule has 2 aliphatic heterocycles. The molecule has 2 aliphatic rings. The summed E-state index contributed by atoms with van der Waals surface area (Å²) in [6, 6.07) is 2.32. The second kappa shape index (κ2) is 5.53. The molecule has 0 aliphatic carbocycles. The highest BCUT2D eigenvalue weighted by atomic mass is 32.2. The maximum absolute atomic E-state index is 11.8. The van der Waals surface area contributed by atoms with E-state index in [2.05, 4.69) is 4.90 Å². The monoisotopic (exact) mass is 272 g/mol. The van der Waals surface area contributed by atoms with Crippen LogP contribution in [0.25, 0.3) is 0 Å². The van der Waals surface area contributed by atoms with Crippen LogP contribution in [0.3, 0.4) is 0 Å². The Morgan fingerprint density at radius 1 is 1.22 bits per heavy atom. The SMILES string of the molecule is N#CCS(=O)(=O)N1CCC(N2CCC(N)CC2)C1. The average Bonchev–Trinajstić information content (AvgIpc) is 2.80. The van der Waals surface area contributed by atoms with Gasteiger partial charge in [0.2, 0.25) is 10.0 Å². The molecule has 7 heteroatoms. The minimum atomic E-state index is -3.37. The predicted octanol–water partition coefficient (Wildman–Crippen LogP) is -0.663. The molecule has 0 amide bonds. The lowest BCUT2D eigenvalue weighted by atomic mass is 10.0. The molecule has 6 nitrogen and oxygen atoms in total. The topological polar surface area (TPSA) is 90.4 Å². The zero-order valence-electron chi connectivity index (χ0n) is 10.5. The van der Waals surface area contributed by atoms with Gasteiger partial charge in [-0.1, -0.05) is 0 Å². The minimum Gasteiger partial charge on any atom is -0.328 e. The highest BCUT2D eigenvalue weighted by molar-refractivity contribution is 7.89. The first-order valence-electron chi connectivity index (χ1n) is 6.37. The van der Waals surface area contributed by atoms with E-state index in [1.54, 1.807) is 6.07 Å². The van der Waals surface area contributed by atoms with E-state index in [0.717, 1.165) is 32.4 Å². The van der Waals surface area contributed by atoms with E-state index in [1.165, 1.54) is 4.31 Å². The molecule has 0 saturated carbocycles. The highest BCUT2D eigenvalue weighted by Gasteiger charge is 2.35. The third kappa shape index (κ3) is 3.01. The van der Waals surface area contributed by atoms with Crippen LogP contribution < -0.4 is 5.73 Å². The summed E-state index contributed by atoms with van der Waals surface area (Å²) in [4.78, 5) is 2.34. The number of sulfonamides is 1. The highest BCUT2D eigenvalue weighted by Crippen LogP contribution is 2.21. The van der Waals surface area contributed by atoms with E-state index in [-0.39, 0.29) is 0 Å². The van der Waals surface area contributed by atoms with Gasteiger partial charge in [-0.3, -0.25) is 4.90 Å². The van der Waals surface area contributed by atoms with Crippen molar-refractivity contribution < 1.29 is 8.42 Å². The Morgan fingerprint density at radius 2 is 1.89 bits per heavy atom. The zero-order chi connectivity index (χ0) is 13.2. The van der Waals surface area contributed by atoms with Crippen molar-refractivity contribution in [2.45, 2.75) is 31.3 Å². The fraction of sp³-hybridized carbons (Fsp3) is 0.909. The van der Waals surface area contributed by atoms with Crippen molar-refractivity contribution in [1.82, 2.24) is 9.21 Å². The molecule has 1 unspecified atom stereocenters. The molecule has 0 spiro atoms. The average molecular weight is 272 g/mol. The van der Waals surface area contributed by atoms with E-state index in [9.17, 15) is 8.42 Å². The third-order valence-corrected chi connectivity index (χ3v) is 5.47. The van der Waals surface area contributed by atoms with Crippen LogP contribution in [-0.2, 0) is 10.0 Å². The van der Waals surface area contributed by atoms with Crippen molar-refractivity contribution >= 4 is 10.0 Å². The van der Waals surface area contributed by atoms with Crippen LogP contribution in [0.4, 0.5) is 0 Å². The number of likely N-dealkylation sites (tertiary alicyclic amines) is 1. The third-order valence-electron chi connectivity index (χ3n) is 3.86. The maximum atomic E-state index is 11.8. The van der Waals surface area contributed by atoms with E-state index in [4.69, 9.17) is 11.0 Å². The molecule has 0 bridgehead atoms. The molecule has 102 valence electrons. The fourth-order valence-electron chi connectivity index (χ4n) is 2.72. The van der Waals surface area contributed by atoms with Crippen molar-refractivity contribution in [3.63, 3.8) is 0 Å². The molecule has 18 heavy (non-hydrogen) atoms. The molecule has 2 N–H and O–H groups in total. The molecule has 0 aromatic heterocycles. The Balaban J connectivity index is 1.91. The first-order chi connectivity index (χ1) is 8.53. The molecule has 2 fully saturated rings. The Hall–Kier alpha value is -0.680. The second-order valence-corrected chi connectivity index (χ2v) is 7.06. The van der Waals surface area contributed by atoms with Crippen LogP contribution >= 0.6 is 0 Å². The second-order valence-electron chi connectivity index (χ2n) is 5.09. The first-order valence-corrected chi connectivity index (χ1v) is 7.98. The molecule has 2 rings (SSSR count). The Bertz CT molecular complexity index is 423. The van der Waals surface area contributed by atoms with Gasteiger partial charge in [-0.25, -0.2) is 8.42 Å². The molecule has 2 saturated heterocycles. The lowest BCUT2D eigenvalue weighted by molar-refractivity contribution is 0.159. The molecule has 0 aromatic carbocycles. The number of nitrogens with zero attached hydrogens (tertiary/aromatic N) is 3. The number of rotatable bonds is 3. The number of hydrogen-bond donors (Lipinski definition) is 1. The van der Waals surface area contributed by atoms with Crippen LogP contribution in [0, 0.1) is 11.3 Å². The molecule has 1 atom stereocenters. The standard InChI is InChI=1S/C11H20N4O2S/c12-4-8-18(16,17)15-7-3-11(9-15)14-5-1-10(13)2-6-14/h10-11H,1-3,5-9,13H2. The van der Waals surface area contributed by atoms with Crippen molar-refractivity contribution in [2.75, 3.05) is 31.9 Å². The molecular formula is C11H20N4O2S. The van der Waals surface area contributed by atoms with Crippen molar-refractivity contribution in [1.29, 1.82) is 5.26 Å². The summed E-state index contributed by atoms with van der Waals surface area (Å²) < 4.78 is 25.0. The molecule has 0 aromatic rings. The Morgan fingerprint density at radius 3 is 2.50 bits per heavy atom. The number of piperidine rings is 1. The van der Waals surface area contributed by atoms with Gasteiger partial charge in [0.1, 0.15) is 0 Å². The van der Waals surface area contributed by atoms with Gasteiger partial charge in [0.05, 0.1) is 6.07 Å². The van der Waals surface area contributed by atoms with E-state index in [1.807, 2.05) is 0 Å². The molecule has 2 heterocycles. The van der Waals surface area contributed by atoms with Crippen molar-refractivity contribution in [3.05, 3.63) is 0 Å². The number of hydrogen-bond acceptors (Lipinski definition) is 5. The Labute approximate surface area is 108 Å². The van der Waals surface area contributed by atoms with Crippen molar-refractivity contribution in [3.8, 4) is 6.07 Å². The number of nitrogens with two attached hydrogens (primary N) is 1. The normalized spacial score (nSPS) is 28.3. The predicted molar refractivity (Wildman–Crippen MR) is 68.2 cm³/mol. The summed E-state index contributed by atoms with van der Waals surface area (Å²) in [6.07, 6.45) is 2.84. The minimum absolute atomic E-state index is 0.293. The molecule has 0 radical (unpaired) electrons. The van der Waals surface area contributed by atoms with Gasteiger partial charge >= 0.3 is 0 Å². The van der Waals surface area contributed by atoms with Gasteiger partial charge in [-0.15, -0.1) is 0 Å². The summed E-state index contributed by atoms with van der Waals surface area (Å²) in [5, 5.41) is 8.53. The summed E-state index contributed by atoms with van der Waals surface area (Å²) in [6.45, 7) is 2.98. The largest absolute Gasteiger partial charge is 0.328 e. The lowest BCUT2D eigenvalue weighted by Crippen LogP contribution is -2.46. The van der Waals surface area contributed by atoms with Crippen LogP contribution in [0.15, 0.2) is 0 Å². The van der Waals surface area contributed by atoms with Gasteiger partial charge in [0, 0.05) is 25.2 Å². The zero-order valence-corrected chi connectivity index (χ0v) is 11.3. The van der Waals surface area contributed by atoms with Crippen LogP contribution in [-0.4, -0.2) is 61.6 Å².